The van der Waals surface area contributed by atoms with E-state index in [2.05, 4.69) is 35.1 Å². The number of nitrogens with one attached hydrogen (secondary N) is 1. The highest BCUT2D eigenvalue weighted by Gasteiger charge is 2.17. The number of rotatable bonds is 6. The number of aliphatic hydroxyl groups is 1. The van der Waals surface area contributed by atoms with Gasteiger partial charge < -0.3 is 14.8 Å². The van der Waals surface area contributed by atoms with Gasteiger partial charge in [-0.3, -0.25) is 0 Å². The van der Waals surface area contributed by atoms with Gasteiger partial charge in [-0.2, -0.15) is 0 Å². The summed E-state index contributed by atoms with van der Waals surface area (Å²) in [7, 11) is 0. The molecule has 1 rings (SSSR count). The van der Waals surface area contributed by atoms with E-state index in [0.717, 1.165) is 16.7 Å². The van der Waals surface area contributed by atoms with Gasteiger partial charge in [0.1, 0.15) is 5.76 Å². The quantitative estimate of drug-likeness (QED) is 0.846. The largest absolute Gasteiger partial charge is 0.466 e. The van der Waals surface area contributed by atoms with Crippen LogP contribution in [0.15, 0.2) is 21.2 Å². The minimum absolute atomic E-state index is 0.0975. The van der Waals surface area contributed by atoms with Gasteiger partial charge in [-0.05, 0) is 41.3 Å². The fourth-order valence-electron chi connectivity index (χ4n) is 1.81. The van der Waals surface area contributed by atoms with Crippen LogP contribution >= 0.6 is 15.9 Å². The highest BCUT2D eigenvalue weighted by atomic mass is 79.9. The number of hydrogen-bond acceptors (Lipinski definition) is 3. The molecule has 2 atom stereocenters. The van der Waals surface area contributed by atoms with Crippen LogP contribution in [0.3, 0.4) is 0 Å². The topological polar surface area (TPSA) is 45.4 Å². The van der Waals surface area contributed by atoms with E-state index in [1.54, 1.807) is 6.26 Å². The van der Waals surface area contributed by atoms with Crippen LogP contribution in [-0.2, 0) is 0 Å². The van der Waals surface area contributed by atoms with Crippen molar-refractivity contribution in [2.24, 2.45) is 5.92 Å². The van der Waals surface area contributed by atoms with Crippen molar-refractivity contribution >= 4 is 15.9 Å². The van der Waals surface area contributed by atoms with Crippen LogP contribution in [0.5, 0.6) is 0 Å². The van der Waals surface area contributed by atoms with Gasteiger partial charge in [0, 0.05) is 6.04 Å². The standard InChI is InChI=1S/C12H20BrNO2/c1-8(2)6-10(7-15)14-9(3)12-11(13)4-5-16-12/h4-5,8-10,14-15H,6-7H2,1-3H3. The fourth-order valence-corrected chi connectivity index (χ4v) is 2.35. The molecule has 0 aliphatic carbocycles. The molecule has 3 nitrogen and oxygen atoms in total. The zero-order chi connectivity index (χ0) is 12.1. The maximum atomic E-state index is 9.29. The molecule has 0 aromatic carbocycles. The second kappa shape index (κ2) is 6.42. The third-order valence-electron chi connectivity index (χ3n) is 2.50. The molecule has 0 saturated carbocycles. The van der Waals surface area contributed by atoms with Crippen molar-refractivity contribution in [3.63, 3.8) is 0 Å². The Morgan fingerprint density at radius 2 is 2.12 bits per heavy atom. The molecule has 0 amide bonds. The molecule has 0 aliphatic rings. The Kier molecular flexibility index (Phi) is 5.52. The van der Waals surface area contributed by atoms with Crippen molar-refractivity contribution in [3.05, 3.63) is 22.6 Å². The Labute approximate surface area is 105 Å². The highest BCUT2D eigenvalue weighted by molar-refractivity contribution is 9.10. The van der Waals surface area contributed by atoms with Gasteiger partial charge in [-0.25, -0.2) is 0 Å². The molecule has 0 radical (unpaired) electrons. The molecule has 1 aromatic rings. The molecule has 0 aliphatic heterocycles. The van der Waals surface area contributed by atoms with Gasteiger partial charge in [-0.15, -0.1) is 0 Å². The van der Waals surface area contributed by atoms with Crippen LogP contribution in [-0.4, -0.2) is 17.8 Å². The summed E-state index contributed by atoms with van der Waals surface area (Å²) in [6, 6.07) is 2.09. The summed E-state index contributed by atoms with van der Waals surface area (Å²) in [5, 5.41) is 12.7. The first kappa shape index (κ1) is 13.7. The summed E-state index contributed by atoms with van der Waals surface area (Å²) < 4.78 is 6.35. The molecule has 92 valence electrons. The minimum atomic E-state index is 0.0975. The molecule has 0 saturated heterocycles. The van der Waals surface area contributed by atoms with Crippen molar-refractivity contribution in [2.45, 2.75) is 39.3 Å². The number of aliphatic hydroxyl groups excluding tert-OH is 1. The smallest absolute Gasteiger partial charge is 0.134 e. The molecule has 0 fully saturated rings. The Bertz CT molecular complexity index is 312. The van der Waals surface area contributed by atoms with Crippen molar-refractivity contribution in [1.29, 1.82) is 0 Å². The van der Waals surface area contributed by atoms with Crippen molar-refractivity contribution in [2.75, 3.05) is 6.61 Å². The molecule has 4 heteroatoms. The molecule has 2 unspecified atom stereocenters. The van der Waals surface area contributed by atoms with Gasteiger partial charge in [0.05, 0.1) is 23.4 Å². The molecular weight excluding hydrogens is 270 g/mol. The molecule has 16 heavy (non-hydrogen) atoms. The van der Waals surface area contributed by atoms with E-state index in [1.165, 1.54) is 0 Å². The third-order valence-corrected chi connectivity index (χ3v) is 3.16. The molecule has 0 spiro atoms. The van der Waals surface area contributed by atoms with Gasteiger partial charge in [-0.1, -0.05) is 13.8 Å². The van der Waals surface area contributed by atoms with E-state index in [0.29, 0.717) is 5.92 Å². The second-order valence-electron chi connectivity index (χ2n) is 4.53. The molecule has 1 aromatic heterocycles. The third kappa shape index (κ3) is 3.92. The first-order valence-electron chi connectivity index (χ1n) is 5.64. The molecule has 1 heterocycles. The molecular formula is C12H20BrNO2. The zero-order valence-corrected chi connectivity index (χ0v) is 11.6. The van der Waals surface area contributed by atoms with Gasteiger partial charge >= 0.3 is 0 Å². The highest BCUT2D eigenvalue weighted by Crippen LogP contribution is 2.24. The van der Waals surface area contributed by atoms with Crippen LogP contribution in [0.4, 0.5) is 0 Å². The van der Waals surface area contributed by atoms with Gasteiger partial charge in [0.15, 0.2) is 0 Å². The lowest BCUT2D eigenvalue weighted by Crippen LogP contribution is -2.35. The summed E-state index contributed by atoms with van der Waals surface area (Å²) in [5.41, 5.74) is 0. The normalized spacial score (nSPS) is 15.4. The van der Waals surface area contributed by atoms with Crippen molar-refractivity contribution in [3.8, 4) is 0 Å². The van der Waals surface area contributed by atoms with E-state index in [-0.39, 0.29) is 18.7 Å². The zero-order valence-electron chi connectivity index (χ0n) is 10.0. The maximum Gasteiger partial charge on any atom is 0.134 e. The van der Waals surface area contributed by atoms with Gasteiger partial charge in [0.2, 0.25) is 0 Å². The first-order valence-corrected chi connectivity index (χ1v) is 6.43. The van der Waals surface area contributed by atoms with E-state index in [9.17, 15) is 5.11 Å². The summed E-state index contributed by atoms with van der Waals surface area (Å²) >= 11 is 3.43. The van der Waals surface area contributed by atoms with Crippen LogP contribution in [0.2, 0.25) is 0 Å². The predicted octanol–water partition coefficient (Wildman–Crippen LogP) is 3.10. The Morgan fingerprint density at radius 3 is 2.56 bits per heavy atom. The Hall–Kier alpha value is -0.320. The van der Waals surface area contributed by atoms with Crippen LogP contribution < -0.4 is 5.32 Å². The SMILES string of the molecule is CC(C)CC(CO)NC(C)c1occc1Br. The van der Waals surface area contributed by atoms with Crippen LogP contribution in [0.1, 0.15) is 39.0 Å². The molecule has 2 N–H and O–H groups in total. The average Bonchev–Trinajstić information content (AvgIpc) is 2.62. The lowest BCUT2D eigenvalue weighted by molar-refractivity contribution is 0.210. The van der Waals surface area contributed by atoms with Crippen molar-refractivity contribution < 1.29 is 9.52 Å². The van der Waals surface area contributed by atoms with Crippen molar-refractivity contribution in [1.82, 2.24) is 5.32 Å². The van der Waals surface area contributed by atoms with E-state index < -0.39 is 0 Å². The van der Waals surface area contributed by atoms with Crippen LogP contribution in [0.25, 0.3) is 0 Å². The summed E-state index contributed by atoms with van der Waals surface area (Å²) in [4.78, 5) is 0. The minimum Gasteiger partial charge on any atom is -0.466 e. The van der Waals surface area contributed by atoms with Gasteiger partial charge in [0.25, 0.3) is 0 Å². The second-order valence-corrected chi connectivity index (χ2v) is 5.38. The Balaban J connectivity index is 2.55. The number of hydrogen-bond donors (Lipinski definition) is 2. The predicted molar refractivity (Wildman–Crippen MR) is 68.3 cm³/mol. The summed E-state index contributed by atoms with van der Waals surface area (Å²) in [6.45, 7) is 6.49. The van der Waals surface area contributed by atoms with E-state index >= 15 is 0 Å². The van der Waals surface area contributed by atoms with Crippen LogP contribution in [0, 0.1) is 5.92 Å². The average molecular weight is 290 g/mol. The first-order chi connectivity index (χ1) is 7.54. The lowest BCUT2D eigenvalue weighted by Gasteiger charge is -2.22. The maximum absolute atomic E-state index is 9.29. The number of furan rings is 1. The summed E-state index contributed by atoms with van der Waals surface area (Å²) in [5.74, 6) is 1.44. The number of halogens is 1. The van der Waals surface area contributed by atoms with E-state index in [1.807, 2.05) is 13.0 Å². The fraction of sp³-hybridized carbons (Fsp3) is 0.667. The molecule has 0 bridgehead atoms. The lowest BCUT2D eigenvalue weighted by atomic mass is 10.0. The Morgan fingerprint density at radius 1 is 1.44 bits per heavy atom. The summed E-state index contributed by atoms with van der Waals surface area (Å²) in [6.07, 6.45) is 2.62. The monoisotopic (exact) mass is 289 g/mol. The van der Waals surface area contributed by atoms with E-state index in [4.69, 9.17) is 4.42 Å².